The summed E-state index contributed by atoms with van der Waals surface area (Å²) < 4.78 is 14.1. The Balaban J connectivity index is 0.00000261. The minimum absolute atomic E-state index is 0. The van der Waals surface area contributed by atoms with E-state index in [0.29, 0.717) is 17.0 Å². The van der Waals surface area contributed by atoms with Crippen molar-refractivity contribution in [2.75, 3.05) is 19.6 Å². The molecule has 4 nitrogen and oxygen atoms in total. The van der Waals surface area contributed by atoms with Crippen LogP contribution >= 0.6 is 24.0 Å². The standard InChI is InChI=1S/C21H23FN4.HI/c1-2-24-21(25-14-18-9-8-16(13-23)12-20(18)22)26-11-10-19(15-26)17-6-4-3-5-7-17;/h3-9,12,19H,2,10-11,14-15H2,1H3,(H,24,25);1H. The normalized spacial score (nSPS) is 16.6. The van der Waals surface area contributed by atoms with Gasteiger partial charge in [0, 0.05) is 31.1 Å². The quantitative estimate of drug-likeness (QED) is 0.406. The molecule has 1 aliphatic heterocycles. The molecule has 0 amide bonds. The largest absolute Gasteiger partial charge is 0.357 e. The van der Waals surface area contributed by atoms with Gasteiger partial charge in [-0.25, -0.2) is 9.38 Å². The minimum atomic E-state index is -0.382. The first-order chi connectivity index (χ1) is 12.7. The fraction of sp³-hybridized carbons (Fsp3) is 0.333. The maximum atomic E-state index is 14.1. The molecule has 1 saturated heterocycles. The van der Waals surface area contributed by atoms with Crippen molar-refractivity contribution in [1.29, 1.82) is 5.26 Å². The van der Waals surface area contributed by atoms with Crippen LogP contribution in [0.5, 0.6) is 0 Å². The molecule has 2 aromatic carbocycles. The zero-order chi connectivity index (χ0) is 18.4. The average molecular weight is 478 g/mol. The van der Waals surface area contributed by atoms with Crippen LogP contribution in [-0.4, -0.2) is 30.5 Å². The van der Waals surface area contributed by atoms with Gasteiger partial charge in [0.05, 0.1) is 18.2 Å². The highest BCUT2D eigenvalue weighted by molar-refractivity contribution is 14.0. The van der Waals surface area contributed by atoms with Gasteiger partial charge in [0.25, 0.3) is 0 Å². The summed E-state index contributed by atoms with van der Waals surface area (Å²) in [7, 11) is 0. The highest BCUT2D eigenvalue weighted by Gasteiger charge is 2.25. The highest BCUT2D eigenvalue weighted by atomic mass is 127. The summed E-state index contributed by atoms with van der Waals surface area (Å²) >= 11 is 0. The molecule has 1 N–H and O–H groups in total. The van der Waals surface area contributed by atoms with Crippen LogP contribution < -0.4 is 5.32 Å². The third-order valence-corrected chi connectivity index (χ3v) is 4.67. The van der Waals surface area contributed by atoms with E-state index < -0.39 is 0 Å². The van der Waals surface area contributed by atoms with Gasteiger partial charge >= 0.3 is 0 Å². The molecule has 3 rings (SSSR count). The summed E-state index contributed by atoms with van der Waals surface area (Å²) in [6.45, 7) is 4.89. The van der Waals surface area contributed by atoms with Gasteiger partial charge in [-0.3, -0.25) is 0 Å². The summed E-state index contributed by atoms with van der Waals surface area (Å²) in [6, 6.07) is 17.0. The summed E-state index contributed by atoms with van der Waals surface area (Å²) in [5.74, 6) is 0.925. The van der Waals surface area contributed by atoms with E-state index in [0.717, 1.165) is 32.0 Å². The maximum absolute atomic E-state index is 14.1. The molecule has 27 heavy (non-hydrogen) atoms. The number of aliphatic imine (C=N–C) groups is 1. The molecule has 0 aromatic heterocycles. The number of nitrogens with one attached hydrogen (secondary N) is 1. The van der Waals surface area contributed by atoms with E-state index in [4.69, 9.17) is 5.26 Å². The van der Waals surface area contributed by atoms with Gasteiger partial charge in [0.1, 0.15) is 5.82 Å². The lowest BCUT2D eigenvalue weighted by molar-refractivity contribution is 0.485. The van der Waals surface area contributed by atoms with Gasteiger partial charge in [0.2, 0.25) is 0 Å². The van der Waals surface area contributed by atoms with E-state index in [1.807, 2.05) is 19.1 Å². The van der Waals surface area contributed by atoms with Crippen molar-refractivity contribution in [2.24, 2.45) is 4.99 Å². The number of rotatable bonds is 4. The van der Waals surface area contributed by atoms with Crippen LogP contribution in [0.15, 0.2) is 53.5 Å². The molecule has 142 valence electrons. The van der Waals surface area contributed by atoms with E-state index in [-0.39, 0.29) is 36.3 Å². The van der Waals surface area contributed by atoms with Gasteiger partial charge in [-0.1, -0.05) is 36.4 Å². The summed E-state index contributed by atoms with van der Waals surface area (Å²) in [4.78, 5) is 6.86. The summed E-state index contributed by atoms with van der Waals surface area (Å²) in [5.41, 5.74) is 2.18. The number of hydrogen-bond acceptors (Lipinski definition) is 2. The van der Waals surface area contributed by atoms with E-state index in [9.17, 15) is 4.39 Å². The number of nitriles is 1. The molecule has 1 fully saturated rings. The second kappa shape index (κ2) is 10.3. The number of halogens is 2. The fourth-order valence-corrected chi connectivity index (χ4v) is 3.28. The Morgan fingerprint density at radius 1 is 1.30 bits per heavy atom. The van der Waals surface area contributed by atoms with Crippen LogP contribution in [0.2, 0.25) is 0 Å². The lowest BCUT2D eigenvalue weighted by atomic mass is 9.99. The van der Waals surface area contributed by atoms with Crippen LogP contribution in [0.4, 0.5) is 4.39 Å². The van der Waals surface area contributed by atoms with E-state index in [1.54, 1.807) is 12.1 Å². The van der Waals surface area contributed by atoms with Gasteiger partial charge in [-0.05, 0) is 31.0 Å². The van der Waals surface area contributed by atoms with Gasteiger partial charge in [0.15, 0.2) is 5.96 Å². The van der Waals surface area contributed by atoms with E-state index in [2.05, 4.69) is 39.5 Å². The Bertz CT molecular complexity index is 817. The third-order valence-electron chi connectivity index (χ3n) is 4.67. The molecular formula is C21H24FIN4. The molecule has 0 bridgehead atoms. The molecular weight excluding hydrogens is 454 g/mol. The summed E-state index contributed by atoms with van der Waals surface area (Å²) in [6.07, 6.45) is 1.08. The molecule has 1 unspecified atom stereocenters. The van der Waals surface area contributed by atoms with Crippen LogP contribution in [-0.2, 0) is 6.54 Å². The fourth-order valence-electron chi connectivity index (χ4n) is 3.28. The van der Waals surface area contributed by atoms with E-state index in [1.165, 1.54) is 11.6 Å². The van der Waals surface area contributed by atoms with Crippen LogP contribution in [0.25, 0.3) is 0 Å². The van der Waals surface area contributed by atoms with Crippen molar-refractivity contribution < 1.29 is 4.39 Å². The van der Waals surface area contributed by atoms with Crippen molar-refractivity contribution in [3.05, 3.63) is 71.0 Å². The zero-order valence-electron chi connectivity index (χ0n) is 15.4. The number of guanidine groups is 1. The molecule has 2 aromatic rings. The second-order valence-electron chi connectivity index (χ2n) is 6.43. The number of nitrogens with zero attached hydrogens (tertiary/aromatic N) is 3. The first-order valence-corrected chi connectivity index (χ1v) is 8.98. The molecule has 6 heteroatoms. The average Bonchev–Trinajstić information content (AvgIpc) is 3.16. The first kappa shape index (κ1) is 21.2. The Morgan fingerprint density at radius 3 is 2.74 bits per heavy atom. The number of hydrogen-bond donors (Lipinski definition) is 1. The van der Waals surface area contributed by atoms with Crippen molar-refractivity contribution in [3.8, 4) is 6.07 Å². The van der Waals surface area contributed by atoms with Crippen molar-refractivity contribution in [2.45, 2.75) is 25.8 Å². The van der Waals surface area contributed by atoms with Crippen LogP contribution in [0.3, 0.4) is 0 Å². The minimum Gasteiger partial charge on any atom is -0.357 e. The van der Waals surface area contributed by atoms with Crippen LogP contribution in [0.1, 0.15) is 36.0 Å². The van der Waals surface area contributed by atoms with Crippen molar-refractivity contribution in [1.82, 2.24) is 10.2 Å². The summed E-state index contributed by atoms with van der Waals surface area (Å²) in [5, 5.41) is 12.2. The molecule has 0 saturated carbocycles. The molecule has 1 aliphatic rings. The lowest BCUT2D eigenvalue weighted by Crippen LogP contribution is -2.40. The third kappa shape index (κ3) is 5.42. The lowest BCUT2D eigenvalue weighted by Gasteiger charge is -2.22. The van der Waals surface area contributed by atoms with Crippen molar-refractivity contribution in [3.63, 3.8) is 0 Å². The van der Waals surface area contributed by atoms with Gasteiger partial charge < -0.3 is 10.2 Å². The Labute approximate surface area is 177 Å². The Morgan fingerprint density at radius 2 is 2.07 bits per heavy atom. The van der Waals surface area contributed by atoms with Gasteiger partial charge in [-0.15, -0.1) is 24.0 Å². The predicted molar refractivity (Wildman–Crippen MR) is 117 cm³/mol. The molecule has 0 radical (unpaired) electrons. The SMILES string of the molecule is CCNC(=NCc1ccc(C#N)cc1F)N1CCC(c2ccccc2)C1.I. The van der Waals surface area contributed by atoms with Gasteiger partial charge in [-0.2, -0.15) is 5.26 Å². The predicted octanol–water partition coefficient (Wildman–Crippen LogP) is 4.27. The topological polar surface area (TPSA) is 51.4 Å². The van der Waals surface area contributed by atoms with Crippen LogP contribution in [0, 0.1) is 17.1 Å². The number of likely N-dealkylation sites (tertiary alicyclic amines) is 1. The van der Waals surface area contributed by atoms with E-state index >= 15 is 0 Å². The Hall–Kier alpha value is -2.14. The first-order valence-electron chi connectivity index (χ1n) is 8.98. The molecule has 0 aliphatic carbocycles. The highest BCUT2D eigenvalue weighted by Crippen LogP contribution is 2.27. The monoisotopic (exact) mass is 478 g/mol. The zero-order valence-corrected chi connectivity index (χ0v) is 17.7. The smallest absolute Gasteiger partial charge is 0.194 e. The second-order valence-corrected chi connectivity index (χ2v) is 6.43. The van der Waals surface area contributed by atoms with Crippen molar-refractivity contribution >= 4 is 29.9 Å². The maximum Gasteiger partial charge on any atom is 0.194 e. The molecule has 1 atom stereocenters. The molecule has 0 spiro atoms. The number of benzene rings is 2. The Kier molecular flexibility index (Phi) is 8.04. The molecule has 1 heterocycles.